The predicted octanol–water partition coefficient (Wildman–Crippen LogP) is 3.10. The number of pyridine rings is 1. The molecule has 1 aromatic heterocycles. The Labute approximate surface area is 153 Å². The summed E-state index contributed by atoms with van der Waals surface area (Å²) in [7, 11) is 0. The highest BCUT2D eigenvalue weighted by Crippen LogP contribution is 2.22. The molecule has 1 aromatic carbocycles. The molecule has 2 heterocycles. The third kappa shape index (κ3) is 5.18. The number of benzene rings is 1. The van der Waals surface area contributed by atoms with Gasteiger partial charge in [-0.25, -0.2) is 4.79 Å². The number of hydrogen-bond donors (Lipinski definition) is 1. The average Bonchev–Trinajstić information content (AvgIpc) is 2.67. The van der Waals surface area contributed by atoms with Crippen LogP contribution in [0.5, 0.6) is 0 Å². The second kappa shape index (κ2) is 8.83. The van der Waals surface area contributed by atoms with Crippen LogP contribution in [0.15, 0.2) is 48.8 Å². The minimum Gasteiger partial charge on any atom is -0.378 e. The normalized spacial score (nSPS) is 15.6. The standard InChI is InChI=1S/C19H22ClN3O2/c20-18-5-3-16(4-6-18)17(12-15-2-1-7-21-13-15)14-22-19(24)23-8-10-25-11-9-23/h1-7,13,17H,8-12,14H2,(H,22,24). The van der Waals surface area contributed by atoms with Crippen molar-refractivity contribution in [2.75, 3.05) is 32.8 Å². The van der Waals surface area contributed by atoms with E-state index in [1.807, 2.05) is 36.5 Å². The Kier molecular flexibility index (Phi) is 6.25. The molecule has 2 amide bonds. The van der Waals surface area contributed by atoms with E-state index >= 15 is 0 Å². The van der Waals surface area contributed by atoms with Crippen LogP contribution in [0.3, 0.4) is 0 Å². The number of halogens is 1. The first-order valence-electron chi connectivity index (χ1n) is 8.47. The molecule has 0 spiro atoms. The molecule has 1 fully saturated rings. The van der Waals surface area contributed by atoms with Crippen LogP contribution in [0.25, 0.3) is 0 Å². The average molecular weight is 360 g/mol. The smallest absolute Gasteiger partial charge is 0.317 e. The number of amides is 2. The van der Waals surface area contributed by atoms with Crippen molar-refractivity contribution in [2.24, 2.45) is 0 Å². The lowest BCUT2D eigenvalue weighted by molar-refractivity contribution is 0.0531. The van der Waals surface area contributed by atoms with Crippen LogP contribution in [-0.2, 0) is 11.2 Å². The van der Waals surface area contributed by atoms with Gasteiger partial charge in [-0.05, 0) is 35.7 Å². The second-order valence-corrected chi connectivity index (χ2v) is 6.54. The van der Waals surface area contributed by atoms with E-state index in [4.69, 9.17) is 16.3 Å². The van der Waals surface area contributed by atoms with Crippen molar-refractivity contribution >= 4 is 17.6 Å². The number of carbonyl (C=O) groups is 1. The Bertz CT molecular complexity index is 673. The Morgan fingerprint density at radius 2 is 2.00 bits per heavy atom. The molecule has 0 aliphatic carbocycles. The quantitative estimate of drug-likeness (QED) is 0.892. The molecule has 5 nitrogen and oxygen atoms in total. The summed E-state index contributed by atoms with van der Waals surface area (Å²) in [5, 5.41) is 3.77. The number of hydrogen-bond acceptors (Lipinski definition) is 3. The number of urea groups is 1. The molecule has 0 bridgehead atoms. The van der Waals surface area contributed by atoms with Crippen LogP contribution in [0.1, 0.15) is 17.0 Å². The largest absolute Gasteiger partial charge is 0.378 e. The van der Waals surface area contributed by atoms with Gasteiger partial charge < -0.3 is 15.0 Å². The molecular formula is C19H22ClN3O2. The zero-order valence-corrected chi connectivity index (χ0v) is 14.8. The van der Waals surface area contributed by atoms with Crippen molar-refractivity contribution < 1.29 is 9.53 Å². The molecule has 3 rings (SSSR count). The lowest BCUT2D eigenvalue weighted by atomic mass is 9.92. The fraction of sp³-hybridized carbons (Fsp3) is 0.368. The number of rotatable bonds is 5. The number of nitrogens with zero attached hydrogens (tertiary/aromatic N) is 2. The summed E-state index contributed by atoms with van der Waals surface area (Å²) in [6.45, 7) is 3.04. The Morgan fingerprint density at radius 1 is 1.24 bits per heavy atom. The lowest BCUT2D eigenvalue weighted by Gasteiger charge is -2.28. The summed E-state index contributed by atoms with van der Waals surface area (Å²) in [6.07, 6.45) is 4.44. The molecular weight excluding hydrogens is 338 g/mol. The van der Waals surface area contributed by atoms with Crippen molar-refractivity contribution in [1.82, 2.24) is 15.2 Å². The Hall–Kier alpha value is -2.11. The number of aromatic nitrogens is 1. The van der Waals surface area contributed by atoms with Gasteiger partial charge in [-0.1, -0.05) is 29.8 Å². The lowest BCUT2D eigenvalue weighted by Crippen LogP contribution is -2.47. The fourth-order valence-corrected chi connectivity index (χ4v) is 3.06. The van der Waals surface area contributed by atoms with Crippen LogP contribution in [0, 0.1) is 0 Å². The topological polar surface area (TPSA) is 54.5 Å². The Morgan fingerprint density at radius 3 is 2.68 bits per heavy atom. The van der Waals surface area contributed by atoms with Gasteiger partial charge in [-0.3, -0.25) is 4.98 Å². The number of ether oxygens (including phenoxy) is 1. The molecule has 6 heteroatoms. The van der Waals surface area contributed by atoms with Crippen molar-refractivity contribution in [3.63, 3.8) is 0 Å². The molecule has 1 saturated heterocycles. The third-order valence-corrected chi connectivity index (χ3v) is 4.60. The highest BCUT2D eigenvalue weighted by atomic mass is 35.5. The summed E-state index contributed by atoms with van der Waals surface area (Å²) < 4.78 is 5.29. The minimum absolute atomic E-state index is 0.0338. The van der Waals surface area contributed by atoms with E-state index in [2.05, 4.69) is 16.4 Å². The first kappa shape index (κ1) is 17.7. The maximum atomic E-state index is 12.4. The van der Waals surface area contributed by atoms with E-state index in [-0.39, 0.29) is 11.9 Å². The van der Waals surface area contributed by atoms with Crippen LogP contribution < -0.4 is 5.32 Å². The highest BCUT2D eigenvalue weighted by Gasteiger charge is 2.19. The van der Waals surface area contributed by atoms with E-state index in [1.165, 1.54) is 0 Å². The van der Waals surface area contributed by atoms with Crippen molar-refractivity contribution in [2.45, 2.75) is 12.3 Å². The summed E-state index contributed by atoms with van der Waals surface area (Å²) in [6, 6.07) is 11.8. The first-order chi connectivity index (χ1) is 12.2. The monoisotopic (exact) mass is 359 g/mol. The SMILES string of the molecule is O=C(NCC(Cc1cccnc1)c1ccc(Cl)cc1)N1CCOCC1. The van der Waals surface area contributed by atoms with Crippen molar-refractivity contribution in [3.8, 4) is 0 Å². The van der Waals surface area contributed by atoms with Crippen LogP contribution in [-0.4, -0.2) is 48.8 Å². The van der Waals surface area contributed by atoms with Gasteiger partial charge in [-0.15, -0.1) is 0 Å². The molecule has 0 radical (unpaired) electrons. The van der Waals surface area contributed by atoms with E-state index in [1.54, 1.807) is 11.1 Å². The zero-order valence-electron chi connectivity index (χ0n) is 14.0. The molecule has 132 valence electrons. The molecule has 2 aromatic rings. The van der Waals surface area contributed by atoms with Crippen LogP contribution in [0.4, 0.5) is 4.79 Å². The molecule has 1 aliphatic rings. The first-order valence-corrected chi connectivity index (χ1v) is 8.85. The van der Waals surface area contributed by atoms with E-state index in [0.717, 1.165) is 17.5 Å². The number of carbonyl (C=O) groups excluding carboxylic acids is 1. The van der Waals surface area contributed by atoms with E-state index in [9.17, 15) is 4.79 Å². The van der Waals surface area contributed by atoms with Gasteiger partial charge in [0.2, 0.25) is 0 Å². The highest BCUT2D eigenvalue weighted by molar-refractivity contribution is 6.30. The van der Waals surface area contributed by atoms with Crippen LogP contribution >= 0.6 is 11.6 Å². The Balaban J connectivity index is 1.67. The van der Waals surface area contributed by atoms with Gasteiger partial charge in [-0.2, -0.15) is 0 Å². The van der Waals surface area contributed by atoms with Gasteiger partial charge in [0.15, 0.2) is 0 Å². The van der Waals surface area contributed by atoms with E-state index < -0.39 is 0 Å². The van der Waals surface area contributed by atoms with Gasteiger partial charge >= 0.3 is 6.03 Å². The molecule has 1 unspecified atom stereocenters. The fourth-order valence-electron chi connectivity index (χ4n) is 2.93. The summed E-state index contributed by atoms with van der Waals surface area (Å²) >= 11 is 6.01. The summed E-state index contributed by atoms with van der Waals surface area (Å²) in [5.74, 6) is 0.159. The zero-order chi connectivity index (χ0) is 17.5. The minimum atomic E-state index is -0.0338. The number of nitrogens with one attached hydrogen (secondary N) is 1. The van der Waals surface area contributed by atoms with Gasteiger partial charge in [0, 0.05) is 43.0 Å². The molecule has 1 N–H and O–H groups in total. The van der Waals surface area contributed by atoms with E-state index in [0.29, 0.717) is 37.9 Å². The van der Waals surface area contributed by atoms with Gasteiger partial charge in [0.25, 0.3) is 0 Å². The van der Waals surface area contributed by atoms with Crippen molar-refractivity contribution in [1.29, 1.82) is 0 Å². The van der Waals surface area contributed by atoms with Crippen LogP contribution in [0.2, 0.25) is 5.02 Å². The molecule has 1 aliphatic heterocycles. The molecule has 0 saturated carbocycles. The third-order valence-electron chi connectivity index (χ3n) is 4.34. The van der Waals surface area contributed by atoms with Gasteiger partial charge in [0.05, 0.1) is 13.2 Å². The maximum Gasteiger partial charge on any atom is 0.317 e. The maximum absolute atomic E-state index is 12.4. The summed E-state index contributed by atoms with van der Waals surface area (Å²) in [5.41, 5.74) is 2.29. The van der Waals surface area contributed by atoms with Crippen molar-refractivity contribution in [3.05, 3.63) is 64.9 Å². The molecule has 1 atom stereocenters. The second-order valence-electron chi connectivity index (χ2n) is 6.10. The predicted molar refractivity (Wildman–Crippen MR) is 97.9 cm³/mol. The van der Waals surface area contributed by atoms with Gasteiger partial charge in [0.1, 0.15) is 0 Å². The summed E-state index contributed by atoms with van der Waals surface area (Å²) in [4.78, 5) is 18.3. The number of morpholine rings is 1. The molecule has 25 heavy (non-hydrogen) atoms.